The fourth-order valence-corrected chi connectivity index (χ4v) is 7.08. The van der Waals surface area contributed by atoms with Gasteiger partial charge >= 0.3 is 0 Å². The van der Waals surface area contributed by atoms with E-state index in [4.69, 9.17) is 15.0 Å². The zero-order valence-electron chi connectivity index (χ0n) is 26.3. The molecule has 0 atom stereocenters. The molecule has 0 saturated heterocycles. The number of fused-ring (bicyclic) bond motifs is 5. The van der Waals surface area contributed by atoms with Gasteiger partial charge in [0.15, 0.2) is 11.5 Å². The van der Waals surface area contributed by atoms with Crippen LogP contribution in [-0.2, 0) is 0 Å². The molecule has 0 aliphatic carbocycles. The number of imidazole rings is 2. The van der Waals surface area contributed by atoms with Crippen LogP contribution in [0.4, 0.5) is 0 Å². The minimum absolute atomic E-state index is 0.784. The first kappa shape index (κ1) is 27.3. The first-order chi connectivity index (χ1) is 24.3. The van der Waals surface area contributed by atoms with Crippen molar-refractivity contribution in [2.24, 2.45) is 0 Å². The molecule has 0 aliphatic rings. The van der Waals surface area contributed by atoms with Crippen LogP contribution in [0.3, 0.4) is 0 Å². The molecule has 4 heterocycles. The molecule has 10 rings (SSSR count). The average molecular weight is 629 g/mol. The van der Waals surface area contributed by atoms with Crippen molar-refractivity contribution in [2.75, 3.05) is 0 Å². The molecule has 0 N–H and O–H groups in total. The Balaban J connectivity index is 1.19. The van der Waals surface area contributed by atoms with Gasteiger partial charge in [-0.3, -0.25) is 13.5 Å². The van der Waals surface area contributed by atoms with Crippen molar-refractivity contribution in [2.45, 2.75) is 0 Å². The molecule has 0 radical (unpaired) electrons. The molecule has 0 fully saturated rings. The van der Waals surface area contributed by atoms with Crippen LogP contribution in [0.2, 0.25) is 0 Å². The van der Waals surface area contributed by atoms with Crippen molar-refractivity contribution in [1.29, 1.82) is 0 Å². The quantitative estimate of drug-likeness (QED) is 0.191. The van der Waals surface area contributed by atoms with Crippen molar-refractivity contribution in [3.63, 3.8) is 0 Å². The Morgan fingerprint density at radius 3 is 1.76 bits per heavy atom. The highest BCUT2D eigenvalue weighted by molar-refractivity contribution is 6.09. The lowest BCUT2D eigenvalue weighted by molar-refractivity contribution is 1.03. The van der Waals surface area contributed by atoms with Crippen LogP contribution in [0.5, 0.6) is 0 Å². The lowest BCUT2D eigenvalue weighted by Crippen LogP contribution is -2.04. The summed E-state index contributed by atoms with van der Waals surface area (Å²) in [6, 6.07) is 54.7. The van der Waals surface area contributed by atoms with E-state index < -0.39 is 0 Å². The first-order valence-corrected chi connectivity index (χ1v) is 16.4. The van der Waals surface area contributed by atoms with Gasteiger partial charge in [-0.1, -0.05) is 121 Å². The van der Waals surface area contributed by atoms with E-state index in [1.807, 2.05) is 24.4 Å². The Kier molecular flexibility index (Phi) is 6.08. The van der Waals surface area contributed by atoms with Crippen molar-refractivity contribution >= 4 is 38.5 Å². The zero-order valence-corrected chi connectivity index (χ0v) is 26.3. The van der Waals surface area contributed by atoms with Gasteiger partial charge in [0.25, 0.3) is 0 Å². The molecule has 49 heavy (non-hydrogen) atoms. The summed E-state index contributed by atoms with van der Waals surface area (Å²) in [4.78, 5) is 15.4. The van der Waals surface area contributed by atoms with Gasteiger partial charge in [-0.05, 0) is 36.4 Å². The maximum Gasteiger partial charge on any atom is 0.182 e. The molecule has 0 bridgehead atoms. The number of rotatable bonds is 5. The topological polar surface area (TPSA) is 52.9 Å². The number of nitrogens with zero attached hydrogens (tertiary/aromatic N) is 6. The smallest absolute Gasteiger partial charge is 0.182 e. The van der Waals surface area contributed by atoms with Gasteiger partial charge < -0.3 is 0 Å². The van der Waals surface area contributed by atoms with Gasteiger partial charge in [-0.25, -0.2) is 15.0 Å². The lowest BCUT2D eigenvalue weighted by atomic mass is 10.1. The van der Waals surface area contributed by atoms with E-state index in [2.05, 4.69) is 159 Å². The third kappa shape index (κ3) is 4.31. The SMILES string of the molecule is c1ccc(-c2cnc3c(-n4c5ccccc5c5ccccc54)nc(-c4ccc(-c5nc6ccccc6n5-c5ccccc5)cc4)cn23)cc1. The Labute approximate surface area is 281 Å². The second-order valence-corrected chi connectivity index (χ2v) is 12.2. The molecule has 0 aliphatic heterocycles. The molecule has 0 spiro atoms. The van der Waals surface area contributed by atoms with Crippen LogP contribution in [-0.4, -0.2) is 28.5 Å². The summed E-state index contributed by atoms with van der Waals surface area (Å²) in [6.45, 7) is 0. The van der Waals surface area contributed by atoms with E-state index in [0.29, 0.717) is 0 Å². The molecule has 6 heteroatoms. The minimum atomic E-state index is 0.784. The summed E-state index contributed by atoms with van der Waals surface area (Å²) in [7, 11) is 0. The van der Waals surface area contributed by atoms with Crippen molar-refractivity contribution < 1.29 is 0 Å². The maximum absolute atomic E-state index is 5.38. The molecule has 6 aromatic carbocycles. The van der Waals surface area contributed by atoms with Gasteiger partial charge in [-0.2, -0.15) is 0 Å². The zero-order chi connectivity index (χ0) is 32.3. The predicted molar refractivity (Wildman–Crippen MR) is 198 cm³/mol. The normalized spacial score (nSPS) is 11.7. The number of aromatic nitrogens is 6. The number of hydrogen-bond acceptors (Lipinski definition) is 3. The molecule has 230 valence electrons. The summed E-state index contributed by atoms with van der Waals surface area (Å²) in [5.74, 6) is 1.68. The van der Waals surface area contributed by atoms with Crippen LogP contribution in [0.25, 0.3) is 83.9 Å². The van der Waals surface area contributed by atoms with Crippen LogP contribution < -0.4 is 0 Å². The molecular formula is C43H28N6. The lowest BCUT2D eigenvalue weighted by Gasteiger charge is -2.13. The van der Waals surface area contributed by atoms with E-state index >= 15 is 0 Å². The number of hydrogen-bond donors (Lipinski definition) is 0. The standard InChI is InChI=1S/C43H28N6/c1-3-13-30(14-4-1)40-27-44-42-43(49-37-20-10-7-17-33(37)34-18-8-11-21-38(34)49)46-36(28-47(40)42)29-23-25-31(26-24-29)41-45-35-19-9-12-22-39(35)48(41)32-15-5-2-6-16-32/h1-28H. The fraction of sp³-hybridized carbons (Fsp3) is 0. The van der Waals surface area contributed by atoms with Gasteiger partial charge in [0.1, 0.15) is 5.82 Å². The molecule has 0 amide bonds. The number of benzene rings is 6. The van der Waals surface area contributed by atoms with E-state index in [0.717, 1.165) is 73.1 Å². The minimum Gasteiger partial charge on any atom is -0.294 e. The maximum atomic E-state index is 5.38. The van der Waals surface area contributed by atoms with Crippen LogP contribution in [0, 0.1) is 0 Å². The summed E-state index contributed by atoms with van der Waals surface area (Å²) >= 11 is 0. The monoisotopic (exact) mass is 628 g/mol. The van der Waals surface area contributed by atoms with Crippen LogP contribution in [0.1, 0.15) is 0 Å². The first-order valence-electron chi connectivity index (χ1n) is 16.4. The van der Waals surface area contributed by atoms with E-state index in [9.17, 15) is 0 Å². The second-order valence-electron chi connectivity index (χ2n) is 12.2. The highest BCUT2D eigenvalue weighted by Gasteiger charge is 2.20. The molecule has 0 unspecified atom stereocenters. The Bertz CT molecular complexity index is 2750. The molecule has 4 aromatic heterocycles. The van der Waals surface area contributed by atoms with Crippen molar-refractivity contribution in [3.8, 4) is 45.4 Å². The van der Waals surface area contributed by atoms with E-state index in [-0.39, 0.29) is 0 Å². The summed E-state index contributed by atoms with van der Waals surface area (Å²) in [5.41, 5.74) is 11.1. The molecule has 0 saturated carbocycles. The third-order valence-corrected chi connectivity index (χ3v) is 9.35. The van der Waals surface area contributed by atoms with Gasteiger partial charge in [0.05, 0.1) is 39.7 Å². The largest absolute Gasteiger partial charge is 0.294 e. The second kappa shape index (κ2) is 10.9. The van der Waals surface area contributed by atoms with Crippen molar-refractivity contribution in [3.05, 3.63) is 170 Å². The Morgan fingerprint density at radius 2 is 1.04 bits per heavy atom. The number of para-hydroxylation sites is 5. The summed E-state index contributed by atoms with van der Waals surface area (Å²) in [6.07, 6.45) is 4.06. The summed E-state index contributed by atoms with van der Waals surface area (Å²) in [5, 5.41) is 2.37. The average Bonchev–Trinajstić information content (AvgIpc) is 3.88. The van der Waals surface area contributed by atoms with Crippen molar-refractivity contribution in [1.82, 2.24) is 28.5 Å². The van der Waals surface area contributed by atoms with Crippen LogP contribution >= 0.6 is 0 Å². The highest BCUT2D eigenvalue weighted by Crippen LogP contribution is 2.35. The van der Waals surface area contributed by atoms with E-state index in [1.54, 1.807) is 0 Å². The molecular weight excluding hydrogens is 601 g/mol. The van der Waals surface area contributed by atoms with E-state index in [1.165, 1.54) is 10.8 Å². The van der Waals surface area contributed by atoms with Gasteiger partial charge in [0, 0.05) is 39.3 Å². The van der Waals surface area contributed by atoms with Crippen LogP contribution in [0.15, 0.2) is 170 Å². The Hall–Kier alpha value is -6.79. The van der Waals surface area contributed by atoms with Gasteiger partial charge in [-0.15, -0.1) is 0 Å². The summed E-state index contributed by atoms with van der Waals surface area (Å²) < 4.78 is 6.66. The van der Waals surface area contributed by atoms with Gasteiger partial charge in [0.2, 0.25) is 0 Å². The third-order valence-electron chi connectivity index (χ3n) is 9.35. The highest BCUT2D eigenvalue weighted by atomic mass is 15.1. The molecule has 10 aromatic rings. The predicted octanol–water partition coefficient (Wildman–Crippen LogP) is 10.2. The molecule has 6 nitrogen and oxygen atoms in total. The Morgan fingerprint density at radius 1 is 0.449 bits per heavy atom. The fourth-order valence-electron chi connectivity index (χ4n) is 7.08.